The van der Waals surface area contributed by atoms with Crippen molar-refractivity contribution >= 4 is 34.6 Å². The van der Waals surface area contributed by atoms with Gasteiger partial charge in [-0.25, -0.2) is 5.01 Å². The van der Waals surface area contributed by atoms with Crippen LogP contribution in [0, 0.1) is 13.8 Å². The predicted octanol–water partition coefficient (Wildman–Crippen LogP) is 4.06. The third-order valence-corrected chi connectivity index (χ3v) is 5.30. The molecule has 0 saturated heterocycles. The SMILES string of the molecule is C=CCN(Cc1cccs1)C(=O)C1=NN(c2cc(C)ccc2C)C(=O)CC1. The van der Waals surface area contributed by atoms with Crippen LogP contribution in [0.25, 0.3) is 0 Å². The van der Waals surface area contributed by atoms with Gasteiger partial charge in [-0.2, -0.15) is 5.10 Å². The summed E-state index contributed by atoms with van der Waals surface area (Å²) in [4.78, 5) is 28.3. The molecular formula is C21H23N3O2S. The van der Waals surface area contributed by atoms with Crippen molar-refractivity contribution in [3.8, 4) is 0 Å². The number of carbonyl (C=O) groups is 2. The molecule has 140 valence electrons. The van der Waals surface area contributed by atoms with Crippen molar-refractivity contribution in [1.82, 2.24) is 4.90 Å². The van der Waals surface area contributed by atoms with Crippen LogP contribution >= 0.6 is 11.3 Å². The van der Waals surface area contributed by atoms with E-state index in [9.17, 15) is 9.59 Å². The molecule has 0 unspecified atom stereocenters. The highest BCUT2D eigenvalue weighted by molar-refractivity contribution is 7.09. The predicted molar refractivity (Wildman–Crippen MR) is 110 cm³/mol. The number of nitrogens with zero attached hydrogens (tertiary/aromatic N) is 3. The lowest BCUT2D eigenvalue weighted by molar-refractivity contribution is -0.124. The van der Waals surface area contributed by atoms with Crippen molar-refractivity contribution in [2.24, 2.45) is 5.10 Å². The summed E-state index contributed by atoms with van der Waals surface area (Å²) >= 11 is 1.61. The van der Waals surface area contributed by atoms with Gasteiger partial charge in [0.2, 0.25) is 5.91 Å². The highest BCUT2D eigenvalue weighted by atomic mass is 32.1. The molecule has 0 atom stereocenters. The summed E-state index contributed by atoms with van der Waals surface area (Å²) < 4.78 is 0. The minimum absolute atomic E-state index is 0.0891. The third-order valence-electron chi connectivity index (χ3n) is 4.44. The average Bonchev–Trinajstić information content (AvgIpc) is 3.16. The van der Waals surface area contributed by atoms with E-state index < -0.39 is 0 Å². The van der Waals surface area contributed by atoms with Crippen LogP contribution in [0.5, 0.6) is 0 Å². The number of benzene rings is 1. The van der Waals surface area contributed by atoms with Crippen LogP contribution in [-0.2, 0) is 16.1 Å². The molecule has 0 saturated carbocycles. The molecule has 0 aliphatic carbocycles. The molecule has 3 rings (SSSR count). The molecular weight excluding hydrogens is 358 g/mol. The minimum atomic E-state index is -0.147. The summed E-state index contributed by atoms with van der Waals surface area (Å²) in [5.74, 6) is -0.236. The van der Waals surface area contributed by atoms with Crippen LogP contribution in [0.2, 0.25) is 0 Å². The Balaban J connectivity index is 1.89. The maximum atomic E-state index is 13.1. The molecule has 0 bridgehead atoms. The molecule has 1 aromatic carbocycles. The summed E-state index contributed by atoms with van der Waals surface area (Å²) in [5.41, 5.74) is 3.14. The zero-order chi connectivity index (χ0) is 19.4. The lowest BCUT2D eigenvalue weighted by Gasteiger charge is -2.27. The summed E-state index contributed by atoms with van der Waals surface area (Å²) in [5, 5.41) is 7.82. The first kappa shape index (κ1) is 19.0. The summed E-state index contributed by atoms with van der Waals surface area (Å²) in [7, 11) is 0. The van der Waals surface area contributed by atoms with Crippen LogP contribution < -0.4 is 5.01 Å². The normalized spacial score (nSPS) is 14.1. The van der Waals surface area contributed by atoms with Crippen molar-refractivity contribution < 1.29 is 9.59 Å². The second-order valence-corrected chi connectivity index (χ2v) is 7.63. The van der Waals surface area contributed by atoms with Gasteiger partial charge in [0.25, 0.3) is 5.91 Å². The molecule has 27 heavy (non-hydrogen) atoms. The van der Waals surface area contributed by atoms with Crippen molar-refractivity contribution in [3.05, 3.63) is 64.4 Å². The summed E-state index contributed by atoms with van der Waals surface area (Å²) in [6.07, 6.45) is 2.35. The maximum Gasteiger partial charge on any atom is 0.270 e. The molecule has 2 aromatic rings. The molecule has 1 aliphatic heterocycles. The number of thiophene rings is 1. The number of carbonyl (C=O) groups excluding carboxylic acids is 2. The first-order valence-electron chi connectivity index (χ1n) is 8.90. The van der Waals surface area contributed by atoms with E-state index in [1.54, 1.807) is 22.3 Å². The number of hydrogen-bond acceptors (Lipinski definition) is 4. The van der Waals surface area contributed by atoms with Crippen molar-refractivity contribution in [3.63, 3.8) is 0 Å². The highest BCUT2D eigenvalue weighted by Crippen LogP contribution is 2.26. The van der Waals surface area contributed by atoms with Gasteiger partial charge in [-0.15, -0.1) is 17.9 Å². The summed E-state index contributed by atoms with van der Waals surface area (Å²) in [6, 6.07) is 9.86. The van der Waals surface area contributed by atoms with Gasteiger partial charge in [-0.3, -0.25) is 9.59 Å². The molecule has 2 heterocycles. The first-order valence-corrected chi connectivity index (χ1v) is 9.78. The molecule has 0 N–H and O–H groups in total. The molecule has 5 nitrogen and oxygen atoms in total. The standard InChI is InChI=1S/C21H23N3O2S/c1-4-11-23(14-17-6-5-12-27-17)21(26)18-9-10-20(25)24(22-18)19-13-15(2)7-8-16(19)3/h4-8,12-13H,1,9-11,14H2,2-3H3. The Morgan fingerprint density at radius 1 is 1.33 bits per heavy atom. The van der Waals surface area contributed by atoms with Crippen LogP contribution in [0.3, 0.4) is 0 Å². The van der Waals surface area contributed by atoms with Crippen LogP contribution in [-0.4, -0.2) is 29.0 Å². The fraction of sp³-hybridized carbons (Fsp3) is 0.286. The number of rotatable bonds is 6. The van der Waals surface area contributed by atoms with Crippen molar-refractivity contribution in [1.29, 1.82) is 0 Å². The number of hydrogen-bond donors (Lipinski definition) is 0. The fourth-order valence-corrected chi connectivity index (χ4v) is 3.71. The monoisotopic (exact) mass is 381 g/mol. The largest absolute Gasteiger partial charge is 0.329 e. The summed E-state index contributed by atoms with van der Waals surface area (Å²) in [6.45, 7) is 8.62. The molecule has 1 aromatic heterocycles. The van der Waals surface area contributed by atoms with E-state index in [1.165, 1.54) is 5.01 Å². The van der Waals surface area contributed by atoms with Gasteiger partial charge in [0, 0.05) is 24.3 Å². The van der Waals surface area contributed by atoms with Crippen LogP contribution in [0.4, 0.5) is 5.69 Å². The van der Waals surface area contributed by atoms with Gasteiger partial charge in [-0.05, 0) is 42.5 Å². The lowest BCUT2D eigenvalue weighted by Crippen LogP contribution is -2.41. The van der Waals surface area contributed by atoms with Gasteiger partial charge in [0.05, 0.1) is 12.2 Å². The second kappa shape index (κ2) is 8.31. The Hall–Kier alpha value is -2.73. The molecule has 0 spiro atoms. The molecule has 6 heteroatoms. The number of hydrazone groups is 1. The minimum Gasteiger partial charge on any atom is -0.329 e. The van der Waals surface area contributed by atoms with Gasteiger partial charge in [0.1, 0.15) is 5.71 Å². The van der Waals surface area contributed by atoms with Crippen molar-refractivity contribution in [2.75, 3.05) is 11.6 Å². The smallest absolute Gasteiger partial charge is 0.270 e. The van der Waals surface area contributed by atoms with Crippen molar-refractivity contribution in [2.45, 2.75) is 33.2 Å². The van der Waals surface area contributed by atoms with E-state index in [0.29, 0.717) is 25.2 Å². The highest BCUT2D eigenvalue weighted by Gasteiger charge is 2.29. The Morgan fingerprint density at radius 3 is 2.85 bits per heavy atom. The Bertz CT molecular complexity index is 887. The van der Waals surface area contributed by atoms with E-state index in [4.69, 9.17) is 0 Å². The first-order chi connectivity index (χ1) is 13.0. The van der Waals surface area contributed by atoms with E-state index in [1.807, 2.05) is 49.6 Å². The molecule has 2 amide bonds. The third kappa shape index (κ3) is 4.34. The Labute approximate surface area is 163 Å². The fourth-order valence-electron chi connectivity index (χ4n) is 2.99. The quantitative estimate of drug-likeness (QED) is 0.709. The molecule has 0 radical (unpaired) electrons. The van der Waals surface area contributed by atoms with Crippen LogP contribution in [0.15, 0.2) is 53.5 Å². The van der Waals surface area contributed by atoms with E-state index in [0.717, 1.165) is 21.7 Å². The zero-order valence-corrected chi connectivity index (χ0v) is 16.5. The van der Waals surface area contributed by atoms with Gasteiger partial charge < -0.3 is 4.90 Å². The number of amides is 2. The van der Waals surface area contributed by atoms with Crippen LogP contribution in [0.1, 0.15) is 28.8 Å². The Kier molecular flexibility index (Phi) is 5.86. The molecule has 1 aliphatic rings. The second-order valence-electron chi connectivity index (χ2n) is 6.60. The topological polar surface area (TPSA) is 53.0 Å². The number of anilines is 1. The van der Waals surface area contributed by atoms with E-state index >= 15 is 0 Å². The van der Waals surface area contributed by atoms with E-state index in [2.05, 4.69) is 11.7 Å². The maximum absolute atomic E-state index is 13.1. The van der Waals surface area contributed by atoms with Gasteiger partial charge in [0.15, 0.2) is 0 Å². The Morgan fingerprint density at radius 2 is 2.15 bits per heavy atom. The number of aryl methyl sites for hydroxylation is 2. The average molecular weight is 382 g/mol. The zero-order valence-electron chi connectivity index (χ0n) is 15.6. The van der Waals surface area contributed by atoms with Gasteiger partial charge >= 0.3 is 0 Å². The van der Waals surface area contributed by atoms with Gasteiger partial charge in [-0.1, -0.05) is 24.3 Å². The molecule has 0 fully saturated rings. The van der Waals surface area contributed by atoms with E-state index in [-0.39, 0.29) is 18.2 Å². The lowest BCUT2D eigenvalue weighted by atomic mass is 10.1.